The first-order valence-electron chi connectivity index (χ1n) is 8.42. The van der Waals surface area contributed by atoms with Crippen molar-refractivity contribution in [3.63, 3.8) is 0 Å². The van der Waals surface area contributed by atoms with E-state index in [9.17, 15) is 4.79 Å². The van der Waals surface area contributed by atoms with Gasteiger partial charge in [0.25, 0.3) is 5.91 Å². The zero-order chi connectivity index (χ0) is 18.7. The molecule has 1 amide bonds. The number of hydrogen-bond donors (Lipinski definition) is 1. The molecule has 0 aliphatic heterocycles. The molecule has 0 aliphatic carbocycles. The third-order valence-corrected chi connectivity index (χ3v) is 4.21. The maximum Gasteiger partial charge on any atom is 0.272 e. The summed E-state index contributed by atoms with van der Waals surface area (Å²) in [5, 5.41) is 11.3. The van der Waals surface area contributed by atoms with Gasteiger partial charge in [-0.15, -0.1) is 0 Å². The number of nitrogens with zero attached hydrogens (tertiary/aromatic N) is 4. The molecule has 0 saturated heterocycles. The van der Waals surface area contributed by atoms with Gasteiger partial charge >= 0.3 is 0 Å². The van der Waals surface area contributed by atoms with Gasteiger partial charge < -0.3 is 10.1 Å². The van der Waals surface area contributed by atoms with Crippen molar-refractivity contribution in [1.82, 2.24) is 24.9 Å². The molecule has 7 nitrogen and oxygen atoms in total. The highest BCUT2D eigenvalue weighted by atomic mass is 16.5. The standard InChI is InChI=1S/C19H23N5O2/c1-13-7-14(2)9-17(8-13)26-12-24-6-5-18(22-24)19(25)20-10-16-11-21-23(4)15(16)3/h5-9,11H,10,12H2,1-4H3,(H,20,25). The van der Waals surface area contributed by atoms with E-state index in [0.29, 0.717) is 12.2 Å². The van der Waals surface area contributed by atoms with Gasteiger partial charge in [-0.3, -0.25) is 9.48 Å². The zero-order valence-corrected chi connectivity index (χ0v) is 15.5. The van der Waals surface area contributed by atoms with E-state index in [1.165, 1.54) is 0 Å². The number of hydrogen-bond acceptors (Lipinski definition) is 4. The number of aromatic nitrogens is 4. The smallest absolute Gasteiger partial charge is 0.272 e. The fourth-order valence-corrected chi connectivity index (χ4v) is 2.70. The SMILES string of the molecule is Cc1cc(C)cc(OCn2ccc(C(=O)NCc3cnn(C)c3C)n2)c1. The van der Waals surface area contributed by atoms with E-state index in [4.69, 9.17) is 4.74 Å². The minimum atomic E-state index is -0.224. The molecule has 136 valence electrons. The third-order valence-electron chi connectivity index (χ3n) is 4.21. The number of aryl methyl sites for hydroxylation is 3. The minimum absolute atomic E-state index is 0.224. The largest absolute Gasteiger partial charge is 0.471 e. The van der Waals surface area contributed by atoms with E-state index in [-0.39, 0.29) is 12.6 Å². The van der Waals surface area contributed by atoms with Crippen LogP contribution >= 0.6 is 0 Å². The summed E-state index contributed by atoms with van der Waals surface area (Å²) >= 11 is 0. The van der Waals surface area contributed by atoms with Crippen LogP contribution in [0.15, 0.2) is 36.7 Å². The average Bonchev–Trinajstić information content (AvgIpc) is 3.18. The maximum atomic E-state index is 12.3. The van der Waals surface area contributed by atoms with Crippen molar-refractivity contribution in [2.24, 2.45) is 7.05 Å². The number of benzene rings is 1. The summed E-state index contributed by atoms with van der Waals surface area (Å²) < 4.78 is 9.13. The molecule has 1 N–H and O–H groups in total. The summed E-state index contributed by atoms with van der Waals surface area (Å²) in [6.07, 6.45) is 3.48. The zero-order valence-electron chi connectivity index (χ0n) is 15.5. The van der Waals surface area contributed by atoms with Crippen LogP contribution in [-0.4, -0.2) is 25.5 Å². The highest BCUT2D eigenvalue weighted by molar-refractivity contribution is 5.92. The van der Waals surface area contributed by atoms with Crippen molar-refractivity contribution in [2.45, 2.75) is 34.0 Å². The fourth-order valence-electron chi connectivity index (χ4n) is 2.70. The Morgan fingerprint density at radius 3 is 2.58 bits per heavy atom. The molecule has 0 aliphatic rings. The number of rotatable bonds is 6. The second-order valence-electron chi connectivity index (χ2n) is 6.40. The molecule has 2 heterocycles. The summed E-state index contributed by atoms with van der Waals surface area (Å²) in [6, 6.07) is 7.71. The van der Waals surface area contributed by atoms with Crippen LogP contribution in [0.3, 0.4) is 0 Å². The van der Waals surface area contributed by atoms with Gasteiger partial charge in [0.15, 0.2) is 6.73 Å². The monoisotopic (exact) mass is 353 g/mol. The molecule has 3 aromatic rings. The molecule has 0 atom stereocenters. The van der Waals surface area contributed by atoms with Crippen LogP contribution in [0.25, 0.3) is 0 Å². The average molecular weight is 353 g/mol. The predicted octanol–water partition coefficient (Wildman–Crippen LogP) is 2.51. The van der Waals surface area contributed by atoms with Gasteiger partial charge in [-0.05, 0) is 50.1 Å². The number of carbonyl (C=O) groups excluding carboxylic acids is 1. The predicted molar refractivity (Wildman–Crippen MR) is 97.9 cm³/mol. The molecular weight excluding hydrogens is 330 g/mol. The van der Waals surface area contributed by atoms with Crippen LogP contribution in [0.4, 0.5) is 0 Å². The van der Waals surface area contributed by atoms with Crippen LogP contribution in [-0.2, 0) is 20.3 Å². The summed E-state index contributed by atoms with van der Waals surface area (Å²) in [5.41, 5.74) is 4.66. The van der Waals surface area contributed by atoms with Gasteiger partial charge in [-0.1, -0.05) is 6.07 Å². The van der Waals surface area contributed by atoms with Crippen molar-refractivity contribution < 1.29 is 9.53 Å². The molecule has 2 aromatic heterocycles. The molecule has 7 heteroatoms. The molecular formula is C19H23N5O2. The van der Waals surface area contributed by atoms with E-state index in [0.717, 1.165) is 28.1 Å². The molecule has 0 saturated carbocycles. The van der Waals surface area contributed by atoms with Crippen molar-refractivity contribution in [3.8, 4) is 5.75 Å². The van der Waals surface area contributed by atoms with Gasteiger partial charge in [-0.25, -0.2) is 4.68 Å². The highest BCUT2D eigenvalue weighted by Crippen LogP contribution is 2.16. The number of amides is 1. The molecule has 0 unspecified atom stereocenters. The number of nitrogens with one attached hydrogen (secondary N) is 1. The Bertz CT molecular complexity index is 906. The van der Waals surface area contributed by atoms with E-state index in [1.54, 1.807) is 27.8 Å². The number of ether oxygens (including phenoxy) is 1. The normalized spacial score (nSPS) is 10.8. The summed E-state index contributed by atoms with van der Waals surface area (Å²) in [7, 11) is 1.87. The number of carbonyl (C=O) groups is 1. The lowest BCUT2D eigenvalue weighted by atomic mass is 10.1. The second kappa shape index (κ2) is 7.43. The Morgan fingerprint density at radius 2 is 1.92 bits per heavy atom. The molecule has 1 aromatic carbocycles. The third kappa shape index (κ3) is 4.11. The Morgan fingerprint density at radius 1 is 1.19 bits per heavy atom. The quantitative estimate of drug-likeness (QED) is 0.739. The Kier molecular flexibility index (Phi) is 5.06. The Balaban J connectivity index is 1.56. The first-order valence-corrected chi connectivity index (χ1v) is 8.42. The van der Waals surface area contributed by atoms with Gasteiger partial charge in [0.1, 0.15) is 11.4 Å². The van der Waals surface area contributed by atoms with Crippen LogP contribution in [0.1, 0.15) is 32.9 Å². The molecule has 0 bridgehead atoms. The van der Waals surface area contributed by atoms with Crippen LogP contribution in [0.2, 0.25) is 0 Å². The second-order valence-corrected chi connectivity index (χ2v) is 6.40. The van der Waals surface area contributed by atoms with Gasteiger partial charge in [-0.2, -0.15) is 10.2 Å². The van der Waals surface area contributed by atoms with Crippen molar-refractivity contribution in [2.75, 3.05) is 0 Å². The molecule has 3 rings (SSSR count). The van der Waals surface area contributed by atoms with Gasteiger partial charge in [0, 0.05) is 31.0 Å². The molecule has 0 spiro atoms. The Labute approximate surface area is 152 Å². The maximum absolute atomic E-state index is 12.3. The van der Waals surface area contributed by atoms with Crippen molar-refractivity contribution in [3.05, 3.63) is 64.7 Å². The van der Waals surface area contributed by atoms with Crippen LogP contribution in [0, 0.1) is 20.8 Å². The van der Waals surface area contributed by atoms with E-state index in [2.05, 4.69) is 21.6 Å². The lowest BCUT2D eigenvalue weighted by Crippen LogP contribution is -2.24. The van der Waals surface area contributed by atoms with E-state index < -0.39 is 0 Å². The summed E-state index contributed by atoms with van der Waals surface area (Å²) in [5.74, 6) is 0.564. The van der Waals surface area contributed by atoms with E-state index in [1.807, 2.05) is 40.0 Å². The summed E-state index contributed by atoms with van der Waals surface area (Å²) in [6.45, 7) is 6.69. The van der Waals surface area contributed by atoms with Gasteiger partial charge in [0.2, 0.25) is 0 Å². The lowest BCUT2D eigenvalue weighted by molar-refractivity contribution is 0.0944. The highest BCUT2D eigenvalue weighted by Gasteiger charge is 2.11. The first kappa shape index (κ1) is 17.7. The first-order chi connectivity index (χ1) is 12.4. The molecule has 0 radical (unpaired) electrons. The fraction of sp³-hybridized carbons (Fsp3) is 0.316. The molecule has 0 fully saturated rings. The molecule has 26 heavy (non-hydrogen) atoms. The van der Waals surface area contributed by atoms with Crippen LogP contribution in [0.5, 0.6) is 5.75 Å². The van der Waals surface area contributed by atoms with Gasteiger partial charge in [0.05, 0.1) is 6.20 Å². The Hall–Kier alpha value is -3.09. The van der Waals surface area contributed by atoms with Crippen LogP contribution < -0.4 is 10.1 Å². The van der Waals surface area contributed by atoms with E-state index >= 15 is 0 Å². The van der Waals surface area contributed by atoms with Crippen molar-refractivity contribution in [1.29, 1.82) is 0 Å². The summed E-state index contributed by atoms with van der Waals surface area (Å²) in [4.78, 5) is 12.3. The topological polar surface area (TPSA) is 74.0 Å². The minimum Gasteiger partial charge on any atom is -0.471 e. The van der Waals surface area contributed by atoms with Crippen molar-refractivity contribution >= 4 is 5.91 Å². The lowest BCUT2D eigenvalue weighted by Gasteiger charge is -2.08.